The van der Waals surface area contributed by atoms with Crippen LogP contribution in [0.5, 0.6) is 0 Å². The lowest BCUT2D eigenvalue weighted by atomic mass is 10.1. The fourth-order valence-electron chi connectivity index (χ4n) is 2.92. The summed E-state index contributed by atoms with van der Waals surface area (Å²) >= 11 is 6.03. The van der Waals surface area contributed by atoms with Crippen molar-refractivity contribution < 1.29 is 14.9 Å². The number of benzene rings is 3. The fourth-order valence-corrected chi connectivity index (χ4v) is 3.12. The van der Waals surface area contributed by atoms with E-state index in [0.29, 0.717) is 22.0 Å². The van der Waals surface area contributed by atoms with Gasteiger partial charge in [0, 0.05) is 16.3 Å². The van der Waals surface area contributed by atoms with E-state index in [2.05, 4.69) is 10.6 Å². The molecular formula is C23H23ClN3O2+. The summed E-state index contributed by atoms with van der Waals surface area (Å²) in [6, 6.07) is 23.8. The third kappa shape index (κ3) is 5.91. The average molecular weight is 409 g/mol. The molecule has 1 atom stereocenters. The zero-order valence-corrected chi connectivity index (χ0v) is 16.8. The van der Waals surface area contributed by atoms with Crippen LogP contribution in [0.2, 0.25) is 5.02 Å². The Bertz CT molecular complexity index is 992. The molecule has 5 nitrogen and oxygen atoms in total. The number of amides is 2. The van der Waals surface area contributed by atoms with Crippen LogP contribution in [0.1, 0.15) is 28.9 Å². The van der Waals surface area contributed by atoms with E-state index in [1.54, 1.807) is 24.3 Å². The van der Waals surface area contributed by atoms with Crippen LogP contribution in [0, 0.1) is 0 Å². The highest BCUT2D eigenvalue weighted by atomic mass is 35.5. The van der Waals surface area contributed by atoms with Crippen molar-refractivity contribution in [2.24, 2.45) is 0 Å². The first kappa shape index (κ1) is 20.6. The van der Waals surface area contributed by atoms with Crippen LogP contribution in [-0.2, 0) is 4.79 Å². The molecule has 0 aromatic heterocycles. The summed E-state index contributed by atoms with van der Waals surface area (Å²) in [4.78, 5) is 25.1. The van der Waals surface area contributed by atoms with Crippen LogP contribution in [-0.4, -0.2) is 18.4 Å². The van der Waals surface area contributed by atoms with E-state index in [4.69, 9.17) is 11.6 Å². The van der Waals surface area contributed by atoms with Crippen molar-refractivity contribution in [3.8, 4) is 0 Å². The maximum absolute atomic E-state index is 12.6. The summed E-state index contributed by atoms with van der Waals surface area (Å²) in [5.41, 5.74) is 2.64. The second-order valence-corrected chi connectivity index (χ2v) is 7.13. The van der Waals surface area contributed by atoms with Gasteiger partial charge in [0.2, 0.25) is 0 Å². The molecule has 0 saturated carbocycles. The van der Waals surface area contributed by atoms with E-state index >= 15 is 0 Å². The molecule has 0 aliphatic carbocycles. The molecule has 0 fully saturated rings. The number of carbonyl (C=O) groups excluding carboxylic acids is 2. The molecule has 6 heteroatoms. The number of hydrogen-bond donors (Lipinski definition) is 3. The van der Waals surface area contributed by atoms with Gasteiger partial charge in [0.1, 0.15) is 6.04 Å². The number of anilines is 2. The Morgan fingerprint density at radius 3 is 2.41 bits per heavy atom. The first-order valence-electron chi connectivity index (χ1n) is 9.37. The average Bonchev–Trinajstić information content (AvgIpc) is 2.73. The number of halogens is 1. The Kier molecular flexibility index (Phi) is 7.00. The molecule has 29 heavy (non-hydrogen) atoms. The third-order valence-electron chi connectivity index (χ3n) is 4.51. The summed E-state index contributed by atoms with van der Waals surface area (Å²) in [5.74, 6) is -0.456. The smallest absolute Gasteiger partial charge is 0.279 e. The second-order valence-electron chi connectivity index (χ2n) is 6.70. The van der Waals surface area contributed by atoms with E-state index in [1.807, 2.05) is 66.8 Å². The van der Waals surface area contributed by atoms with E-state index in [-0.39, 0.29) is 24.4 Å². The van der Waals surface area contributed by atoms with E-state index in [0.717, 1.165) is 5.56 Å². The van der Waals surface area contributed by atoms with Crippen LogP contribution in [0.4, 0.5) is 11.4 Å². The molecule has 0 unspecified atom stereocenters. The van der Waals surface area contributed by atoms with Gasteiger partial charge in [-0.2, -0.15) is 0 Å². The van der Waals surface area contributed by atoms with Crippen molar-refractivity contribution >= 4 is 34.8 Å². The molecule has 3 rings (SSSR count). The summed E-state index contributed by atoms with van der Waals surface area (Å²) < 4.78 is 0. The van der Waals surface area contributed by atoms with Crippen molar-refractivity contribution in [2.45, 2.75) is 13.0 Å². The number of nitrogens with one attached hydrogen (secondary N) is 2. The maximum Gasteiger partial charge on any atom is 0.279 e. The second kappa shape index (κ2) is 9.87. The normalized spacial score (nSPS) is 11.5. The lowest BCUT2D eigenvalue weighted by Gasteiger charge is -2.13. The Balaban J connectivity index is 1.61. The van der Waals surface area contributed by atoms with Gasteiger partial charge in [0.25, 0.3) is 11.8 Å². The SMILES string of the molecule is C[C@@H]([NH2+]CC(=O)Nc1ccccc1C(=O)Nc1ccccc1)c1cccc(Cl)c1. The van der Waals surface area contributed by atoms with E-state index < -0.39 is 0 Å². The monoisotopic (exact) mass is 408 g/mol. The minimum absolute atomic E-state index is 0.0797. The molecule has 148 valence electrons. The molecule has 0 spiro atoms. The Labute approximate surface area is 175 Å². The van der Waals surface area contributed by atoms with Crippen LogP contribution in [0.25, 0.3) is 0 Å². The molecular weight excluding hydrogens is 386 g/mol. The molecule has 4 N–H and O–H groups in total. The summed E-state index contributed by atoms with van der Waals surface area (Å²) in [6.45, 7) is 2.24. The number of hydrogen-bond acceptors (Lipinski definition) is 2. The minimum Gasteiger partial charge on any atom is -0.333 e. The predicted octanol–water partition coefficient (Wildman–Crippen LogP) is 3.86. The van der Waals surface area contributed by atoms with Gasteiger partial charge in [-0.1, -0.05) is 54.1 Å². The van der Waals surface area contributed by atoms with Gasteiger partial charge in [-0.25, -0.2) is 0 Å². The Hall–Kier alpha value is -3.15. The summed E-state index contributed by atoms with van der Waals surface area (Å²) in [7, 11) is 0. The highest BCUT2D eigenvalue weighted by molar-refractivity contribution is 6.30. The number of carbonyl (C=O) groups is 2. The van der Waals surface area contributed by atoms with Gasteiger partial charge in [-0.3, -0.25) is 9.59 Å². The first-order valence-corrected chi connectivity index (χ1v) is 9.75. The first-order chi connectivity index (χ1) is 14.0. The van der Waals surface area contributed by atoms with Crippen LogP contribution in [0.3, 0.4) is 0 Å². The van der Waals surface area contributed by atoms with Crippen molar-refractivity contribution in [3.05, 3.63) is 95.0 Å². The zero-order chi connectivity index (χ0) is 20.6. The van der Waals surface area contributed by atoms with Crippen LogP contribution in [0.15, 0.2) is 78.9 Å². The molecule has 0 bridgehead atoms. The lowest BCUT2D eigenvalue weighted by Crippen LogP contribution is -2.86. The highest BCUT2D eigenvalue weighted by Crippen LogP contribution is 2.18. The van der Waals surface area contributed by atoms with Crippen molar-refractivity contribution in [1.29, 1.82) is 0 Å². The topological polar surface area (TPSA) is 74.8 Å². The van der Waals surface area contributed by atoms with E-state index in [9.17, 15) is 9.59 Å². The van der Waals surface area contributed by atoms with Gasteiger partial charge < -0.3 is 16.0 Å². The number of para-hydroxylation sites is 2. The minimum atomic E-state index is -0.275. The molecule has 3 aromatic rings. The quantitative estimate of drug-likeness (QED) is 0.555. The molecule has 2 amide bonds. The van der Waals surface area contributed by atoms with Gasteiger partial charge in [0.05, 0.1) is 11.3 Å². The lowest BCUT2D eigenvalue weighted by molar-refractivity contribution is -0.682. The molecule has 0 aliphatic heterocycles. The van der Waals surface area contributed by atoms with Crippen molar-refractivity contribution in [1.82, 2.24) is 0 Å². The zero-order valence-electron chi connectivity index (χ0n) is 16.1. The van der Waals surface area contributed by atoms with Crippen molar-refractivity contribution in [2.75, 3.05) is 17.2 Å². The number of nitrogens with two attached hydrogens (primary N) is 1. The molecule has 0 radical (unpaired) electrons. The highest BCUT2D eigenvalue weighted by Gasteiger charge is 2.16. The standard InChI is InChI=1S/C23H22ClN3O2/c1-16(17-8-7-9-18(24)14-17)25-15-22(28)27-21-13-6-5-12-20(21)23(29)26-19-10-3-2-4-11-19/h2-14,16,25H,15H2,1H3,(H,26,29)(H,27,28)/p+1/t16-/m1/s1. The largest absolute Gasteiger partial charge is 0.333 e. The fraction of sp³-hybridized carbons (Fsp3) is 0.130. The molecule has 3 aromatic carbocycles. The van der Waals surface area contributed by atoms with Gasteiger partial charge in [-0.15, -0.1) is 0 Å². The third-order valence-corrected chi connectivity index (χ3v) is 4.74. The van der Waals surface area contributed by atoms with Gasteiger partial charge in [-0.05, 0) is 43.3 Å². The number of quaternary nitrogens is 1. The van der Waals surface area contributed by atoms with Gasteiger partial charge >= 0.3 is 0 Å². The van der Waals surface area contributed by atoms with Crippen molar-refractivity contribution in [3.63, 3.8) is 0 Å². The number of rotatable bonds is 7. The van der Waals surface area contributed by atoms with Gasteiger partial charge in [0.15, 0.2) is 6.54 Å². The Morgan fingerprint density at radius 1 is 0.931 bits per heavy atom. The molecule has 0 saturated heterocycles. The summed E-state index contributed by atoms with van der Waals surface area (Å²) in [5, 5.41) is 8.27. The predicted molar refractivity (Wildman–Crippen MR) is 116 cm³/mol. The maximum atomic E-state index is 12.6. The van der Waals surface area contributed by atoms with E-state index in [1.165, 1.54) is 0 Å². The van der Waals surface area contributed by atoms with Crippen LogP contribution >= 0.6 is 11.6 Å². The Morgan fingerprint density at radius 2 is 1.66 bits per heavy atom. The molecule has 0 aliphatic rings. The summed E-state index contributed by atoms with van der Waals surface area (Å²) in [6.07, 6.45) is 0. The van der Waals surface area contributed by atoms with Crippen LogP contribution < -0.4 is 16.0 Å². The molecule has 0 heterocycles.